The van der Waals surface area contributed by atoms with E-state index in [9.17, 15) is 10.1 Å². The highest BCUT2D eigenvalue weighted by Gasteiger charge is 2.20. The number of nitriles is 1. The Kier molecular flexibility index (Phi) is 4.10. The smallest absolute Gasteiger partial charge is 0.312 e. The molecule has 5 nitrogen and oxygen atoms in total. The van der Waals surface area contributed by atoms with E-state index < -0.39 is 4.92 Å². The second-order valence-electron chi connectivity index (χ2n) is 4.54. The quantitative estimate of drug-likeness (QED) is 0.616. The summed E-state index contributed by atoms with van der Waals surface area (Å²) in [4.78, 5) is 10.7. The van der Waals surface area contributed by atoms with Gasteiger partial charge in [-0.25, -0.2) is 0 Å². The van der Waals surface area contributed by atoms with Crippen molar-refractivity contribution in [2.75, 3.05) is 0 Å². The number of halogens is 1. The van der Waals surface area contributed by atoms with Crippen molar-refractivity contribution >= 4 is 17.3 Å². The molecule has 0 aliphatic carbocycles. The molecule has 0 N–H and O–H groups in total. The number of ether oxygens (including phenoxy) is 1. The Morgan fingerprint density at radius 2 is 2.00 bits per heavy atom. The van der Waals surface area contributed by atoms with Gasteiger partial charge in [0.1, 0.15) is 11.8 Å². The molecule has 21 heavy (non-hydrogen) atoms. The molecule has 2 aromatic carbocycles. The lowest BCUT2D eigenvalue weighted by molar-refractivity contribution is -0.385. The summed E-state index contributed by atoms with van der Waals surface area (Å²) in [5.41, 5.74) is 1.48. The Bertz CT molecular complexity index is 766. The van der Waals surface area contributed by atoms with E-state index in [0.29, 0.717) is 10.6 Å². The number of benzene rings is 2. The van der Waals surface area contributed by atoms with Gasteiger partial charge in [0.05, 0.1) is 10.5 Å². The lowest BCUT2D eigenvalue weighted by Crippen LogP contribution is -1.98. The number of hydrogen-bond acceptors (Lipinski definition) is 4. The highest BCUT2D eigenvalue weighted by atomic mass is 35.5. The third kappa shape index (κ3) is 3.12. The van der Waals surface area contributed by atoms with Gasteiger partial charge in [-0.15, -0.1) is 0 Å². The third-order valence-corrected chi connectivity index (χ3v) is 3.11. The molecular weight excluding hydrogens is 292 g/mol. The number of aryl methyl sites for hydroxylation is 2. The van der Waals surface area contributed by atoms with Crippen molar-refractivity contribution in [3.05, 3.63) is 62.2 Å². The minimum atomic E-state index is -0.503. The van der Waals surface area contributed by atoms with E-state index in [1.54, 1.807) is 26.0 Å². The van der Waals surface area contributed by atoms with Crippen LogP contribution in [-0.2, 0) is 0 Å². The zero-order chi connectivity index (χ0) is 15.6. The Morgan fingerprint density at radius 1 is 1.29 bits per heavy atom. The van der Waals surface area contributed by atoms with Crippen molar-refractivity contribution in [1.29, 1.82) is 5.26 Å². The highest BCUT2D eigenvalue weighted by molar-refractivity contribution is 6.30. The van der Waals surface area contributed by atoms with Gasteiger partial charge in [0.15, 0.2) is 0 Å². The maximum absolute atomic E-state index is 11.2. The van der Waals surface area contributed by atoms with Crippen molar-refractivity contribution in [2.45, 2.75) is 13.8 Å². The molecule has 2 aromatic rings. The minimum Gasteiger partial charge on any atom is -0.448 e. The van der Waals surface area contributed by atoms with E-state index in [1.165, 1.54) is 18.2 Å². The topological polar surface area (TPSA) is 76.2 Å². The molecule has 0 aromatic heterocycles. The van der Waals surface area contributed by atoms with E-state index in [4.69, 9.17) is 21.6 Å². The average molecular weight is 303 g/mol. The molecule has 0 fully saturated rings. The van der Waals surface area contributed by atoms with Crippen LogP contribution in [0.4, 0.5) is 5.69 Å². The molecule has 0 aliphatic heterocycles. The van der Waals surface area contributed by atoms with Crippen molar-refractivity contribution in [3.8, 4) is 17.6 Å². The van der Waals surface area contributed by atoms with Gasteiger partial charge in [-0.05, 0) is 43.2 Å². The predicted molar refractivity (Wildman–Crippen MR) is 78.8 cm³/mol. The van der Waals surface area contributed by atoms with Crippen LogP contribution in [-0.4, -0.2) is 4.92 Å². The molecule has 0 heterocycles. The molecule has 0 spiro atoms. The standard InChI is InChI=1S/C15H11ClN2O3/c1-9-5-10(2)15(13(6-9)18(19)20)21-14-4-3-12(16)7-11(14)8-17/h3-7H,1-2H3. The second kappa shape index (κ2) is 5.81. The summed E-state index contributed by atoms with van der Waals surface area (Å²) >= 11 is 5.82. The molecule has 0 bridgehead atoms. The first-order valence-electron chi connectivity index (χ1n) is 6.05. The highest BCUT2D eigenvalue weighted by Crippen LogP contribution is 2.37. The molecular formula is C15H11ClN2O3. The van der Waals surface area contributed by atoms with Crippen LogP contribution < -0.4 is 4.74 Å². The number of nitro groups is 1. The fourth-order valence-electron chi connectivity index (χ4n) is 1.99. The van der Waals surface area contributed by atoms with Crippen LogP contribution in [0.2, 0.25) is 5.02 Å². The maximum Gasteiger partial charge on any atom is 0.312 e. The van der Waals surface area contributed by atoms with Crippen LogP contribution in [0.5, 0.6) is 11.5 Å². The van der Waals surface area contributed by atoms with Crippen LogP contribution in [0.25, 0.3) is 0 Å². The van der Waals surface area contributed by atoms with Crippen LogP contribution in [0.3, 0.4) is 0 Å². The fourth-order valence-corrected chi connectivity index (χ4v) is 2.16. The van der Waals surface area contributed by atoms with E-state index in [1.807, 2.05) is 6.07 Å². The minimum absolute atomic E-state index is 0.129. The van der Waals surface area contributed by atoms with Crippen LogP contribution in [0.1, 0.15) is 16.7 Å². The fraction of sp³-hybridized carbons (Fsp3) is 0.133. The van der Waals surface area contributed by atoms with Crippen LogP contribution >= 0.6 is 11.6 Å². The van der Waals surface area contributed by atoms with Gasteiger partial charge in [0, 0.05) is 11.1 Å². The Balaban J connectivity index is 2.55. The molecule has 0 aliphatic rings. The summed E-state index contributed by atoms with van der Waals surface area (Å²) in [6.07, 6.45) is 0. The van der Waals surface area contributed by atoms with Gasteiger partial charge in [0.25, 0.3) is 0 Å². The Labute approximate surface area is 126 Å². The van der Waals surface area contributed by atoms with Crippen molar-refractivity contribution in [3.63, 3.8) is 0 Å². The van der Waals surface area contributed by atoms with Gasteiger partial charge < -0.3 is 4.74 Å². The predicted octanol–water partition coefficient (Wildman–Crippen LogP) is 4.53. The third-order valence-electron chi connectivity index (χ3n) is 2.87. The second-order valence-corrected chi connectivity index (χ2v) is 4.98. The average Bonchev–Trinajstić information content (AvgIpc) is 2.42. The molecule has 0 unspecified atom stereocenters. The van der Waals surface area contributed by atoms with Crippen LogP contribution in [0.15, 0.2) is 30.3 Å². The molecule has 0 atom stereocenters. The molecule has 0 saturated heterocycles. The molecule has 0 radical (unpaired) electrons. The summed E-state index contributed by atoms with van der Waals surface area (Å²) < 4.78 is 5.61. The molecule has 6 heteroatoms. The van der Waals surface area contributed by atoms with E-state index in [-0.39, 0.29) is 22.7 Å². The monoisotopic (exact) mass is 302 g/mol. The lowest BCUT2D eigenvalue weighted by atomic mass is 10.1. The van der Waals surface area contributed by atoms with Crippen molar-refractivity contribution in [1.82, 2.24) is 0 Å². The summed E-state index contributed by atoms with van der Waals surface area (Å²) in [6.45, 7) is 3.49. The van der Waals surface area contributed by atoms with Gasteiger partial charge in [-0.2, -0.15) is 5.26 Å². The van der Waals surface area contributed by atoms with Crippen molar-refractivity contribution < 1.29 is 9.66 Å². The zero-order valence-corrected chi connectivity index (χ0v) is 12.1. The number of nitro benzene ring substituents is 1. The molecule has 2 rings (SSSR count). The van der Waals surface area contributed by atoms with Gasteiger partial charge in [-0.1, -0.05) is 17.7 Å². The van der Waals surface area contributed by atoms with E-state index in [0.717, 1.165) is 5.56 Å². The zero-order valence-electron chi connectivity index (χ0n) is 11.4. The Hall–Kier alpha value is -2.58. The van der Waals surface area contributed by atoms with Crippen LogP contribution in [0, 0.1) is 35.3 Å². The van der Waals surface area contributed by atoms with Crippen molar-refractivity contribution in [2.24, 2.45) is 0 Å². The lowest BCUT2D eigenvalue weighted by Gasteiger charge is -2.11. The summed E-state index contributed by atoms with van der Waals surface area (Å²) in [6, 6.07) is 9.70. The summed E-state index contributed by atoms with van der Waals surface area (Å²) in [5.74, 6) is 0.362. The number of hydrogen-bond donors (Lipinski definition) is 0. The first-order chi connectivity index (χ1) is 9.92. The van der Waals surface area contributed by atoms with Gasteiger partial charge in [-0.3, -0.25) is 10.1 Å². The molecule has 0 saturated carbocycles. The summed E-state index contributed by atoms with van der Waals surface area (Å²) in [5, 5.41) is 20.7. The summed E-state index contributed by atoms with van der Waals surface area (Å²) in [7, 11) is 0. The SMILES string of the molecule is Cc1cc(C)c(Oc2ccc(Cl)cc2C#N)c([N+](=O)[O-])c1. The molecule has 0 amide bonds. The van der Waals surface area contributed by atoms with Gasteiger partial charge >= 0.3 is 5.69 Å². The van der Waals surface area contributed by atoms with Gasteiger partial charge in [0.2, 0.25) is 5.75 Å². The normalized spacial score (nSPS) is 10.0. The molecule has 106 valence electrons. The number of rotatable bonds is 3. The number of nitrogens with zero attached hydrogens (tertiary/aromatic N) is 2. The maximum atomic E-state index is 11.2. The van der Waals surface area contributed by atoms with E-state index >= 15 is 0 Å². The van der Waals surface area contributed by atoms with E-state index in [2.05, 4.69) is 0 Å². The Morgan fingerprint density at radius 3 is 2.62 bits per heavy atom. The first kappa shape index (κ1) is 14.8. The largest absolute Gasteiger partial charge is 0.448 e. The first-order valence-corrected chi connectivity index (χ1v) is 6.43.